The van der Waals surface area contributed by atoms with Crippen molar-refractivity contribution in [2.75, 3.05) is 0 Å². The SMILES string of the molecule is ON=C(C1CCCCC1)C(NC1CCCCC1)C1CCCCC1. The zero-order valence-corrected chi connectivity index (χ0v) is 14.8. The molecular formula is C20H36N2O. The van der Waals surface area contributed by atoms with Crippen LogP contribution in [0.1, 0.15) is 96.3 Å². The number of nitrogens with zero attached hydrogens (tertiary/aromatic N) is 1. The van der Waals surface area contributed by atoms with Crippen molar-refractivity contribution in [3.63, 3.8) is 0 Å². The van der Waals surface area contributed by atoms with Gasteiger partial charge in [0.15, 0.2) is 0 Å². The second-order valence-corrected chi connectivity index (χ2v) is 8.24. The number of nitrogens with one attached hydrogen (secondary N) is 1. The van der Waals surface area contributed by atoms with Gasteiger partial charge in [-0.1, -0.05) is 62.9 Å². The Bertz CT molecular complexity index is 364. The normalized spacial score (nSPS) is 27.9. The molecule has 0 amide bonds. The van der Waals surface area contributed by atoms with E-state index in [-0.39, 0.29) is 0 Å². The Morgan fingerprint density at radius 1 is 0.739 bits per heavy atom. The predicted octanol–water partition coefficient (Wildman–Crippen LogP) is 5.27. The smallest absolute Gasteiger partial charge is 0.0773 e. The second-order valence-electron chi connectivity index (χ2n) is 8.24. The van der Waals surface area contributed by atoms with Gasteiger partial charge in [-0.25, -0.2) is 0 Å². The molecule has 0 heterocycles. The molecule has 0 bridgehead atoms. The first-order valence-electron chi connectivity index (χ1n) is 10.4. The molecule has 1 unspecified atom stereocenters. The van der Waals surface area contributed by atoms with Crippen LogP contribution in [0.5, 0.6) is 0 Å². The topological polar surface area (TPSA) is 44.6 Å². The van der Waals surface area contributed by atoms with E-state index in [2.05, 4.69) is 10.5 Å². The minimum atomic E-state index is 0.339. The van der Waals surface area contributed by atoms with Crippen LogP contribution in [0.3, 0.4) is 0 Å². The van der Waals surface area contributed by atoms with Crippen LogP contribution in [0.4, 0.5) is 0 Å². The van der Waals surface area contributed by atoms with Gasteiger partial charge in [-0.15, -0.1) is 0 Å². The molecule has 3 aliphatic carbocycles. The molecule has 1 atom stereocenters. The van der Waals surface area contributed by atoms with Gasteiger partial charge in [-0.2, -0.15) is 0 Å². The van der Waals surface area contributed by atoms with Gasteiger partial charge in [0, 0.05) is 12.0 Å². The van der Waals surface area contributed by atoms with Crippen LogP contribution in [0.2, 0.25) is 0 Å². The summed E-state index contributed by atoms with van der Waals surface area (Å²) in [7, 11) is 0. The lowest BCUT2D eigenvalue weighted by molar-refractivity contribution is 0.249. The lowest BCUT2D eigenvalue weighted by Crippen LogP contribution is -2.51. The van der Waals surface area contributed by atoms with Crippen molar-refractivity contribution in [3.05, 3.63) is 0 Å². The molecule has 0 aromatic rings. The fourth-order valence-electron chi connectivity index (χ4n) is 5.25. The molecule has 3 aliphatic rings. The molecule has 0 spiro atoms. The zero-order chi connectivity index (χ0) is 15.9. The van der Waals surface area contributed by atoms with Gasteiger partial charge in [0.2, 0.25) is 0 Å². The molecular weight excluding hydrogens is 284 g/mol. The van der Waals surface area contributed by atoms with E-state index < -0.39 is 0 Å². The highest BCUT2D eigenvalue weighted by Gasteiger charge is 2.34. The van der Waals surface area contributed by atoms with Crippen molar-refractivity contribution < 1.29 is 5.21 Å². The average Bonchev–Trinajstić information content (AvgIpc) is 2.64. The van der Waals surface area contributed by atoms with Crippen LogP contribution in [-0.2, 0) is 0 Å². The van der Waals surface area contributed by atoms with Crippen molar-refractivity contribution in [2.45, 2.75) is 108 Å². The van der Waals surface area contributed by atoms with E-state index in [0.29, 0.717) is 23.9 Å². The highest BCUT2D eigenvalue weighted by Crippen LogP contribution is 2.33. The summed E-state index contributed by atoms with van der Waals surface area (Å²) in [6.07, 6.45) is 19.9. The lowest BCUT2D eigenvalue weighted by atomic mass is 9.75. The summed E-state index contributed by atoms with van der Waals surface area (Å²) < 4.78 is 0. The summed E-state index contributed by atoms with van der Waals surface area (Å²) in [6, 6.07) is 0.988. The Balaban J connectivity index is 1.71. The third-order valence-electron chi connectivity index (χ3n) is 6.60. The first-order valence-corrected chi connectivity index (χ1v) is 10.4. The third kappa shape index (κ3) is 4.71. The van der Waals surface area contributed by atoms with Crippen LogP contribution in [-0.4, -0.2) is 23.0 Å². The van der Waals surface area contributed by atoms with E-state index in [4.69, 9.17) is 0 Å². The lowest BCUT2D eigenvalue weighted by Gasteiger charge is -2.38. The van der Waals surface area contributed by atoms with E-state index in [1.807, 2.05) is 0 Å². The molecule has 132 valence electrons. The third-order valence-corrected chi connectivity index (χ3v) is 6.60. The van der Waals surface area contributed by atoms with E-state index in [1.165, 1.54) is 96.3 Å². The summed E-state index contributed by atoms with van der Waals surface area (Å²) in [5.74, 6) is 1.22. The Hall–Kier alpha value is -0.570. The molecule has 3 heteroatoms. The van der Waals surface area contributed by atoms with E-state index >= 15 is 0 Å². The molecule has 23 heavy (non-hydrogen) atoms. The van der Waals surface area contributed by atoms with Gasteiger partial charge < -0.3 is 10.5 Å². The standard InChI is InChI=1S/C20H36N2O/c23-22-20(17-12-6-2-7-13-17)19(16-10-4-1-5-11-16)21-18-14-8-3-9-15-18/h16-19,21,23H,1-15H2. The molecule has 3 fully saturated rings. The molecule has 0 radical (unpaired) electrons. The number of hydrogen-bond donors (Lipinski definition) is 2. The monoisotopic (exact) mass is 320 g/mol. The fourth-order valence-corrected chi connectivity index (χ4v) is 5.25. The zero-order valence-electron chi connectivity index (χ0n) is 14.8. The highest BCUT2D eigenvalue weighted by atomic mass is 16.4. The van der Waals surface area contributed by atoms with E-state index in [0.717, 1.165) is 5.71 Å². The van der Waals surface area contributed by atoms with Crippen LogP contribution >= 0.6 is 0 Å². The predicted molar refractivity (Wildman–Crippen MR) is 96.2 cm³/mol. The molecule has 3 nitrogen and oxygen atoms in total. The van der Waals surface area contributed by atoms with Gasteiger partial charge in [0.05, 0.1) is 11.8 Å². The quantitative estimate of drug-likeness (QED) is 0.412. The Morgan fingerprint density at radius 3 is 1.83 bits per heavy atom. The number of oxime groups is 1. The molecule has 2 N–H and O–H groups in total. The molecule has 3 rings (SSSR count). The van der Waals surface area contributed by atoms with Crippen LogP contribution in [0.25, 0.3) is 0 Å². The van der Waals surface area contributed by atoms with Crippen molar-refractivity contribution in [1.29, 1.82) is 0 Å². The maximum Gasteiger partial charge on any atom is 0.0773 e. The average molecular weight is 321 g/mol. The molecule has 0 aliphatic heterocycles. The number of hydrogen-bond acceptors (Lipinski definition) is 3. The maximum atomic E-state index is 9.86. The van der Waals surface area contributed by atoms with Gasteiger partial charge in [-0.3, -0.25) is 0 Å². The number of rotatable bonds is 5. The highest BCUT2D eigenvalue weighted by molar-refractivity contribution is 5.91. The van der Waals surface area contributed by atoms with Crippen LogP contribution in [0, 0.1) is 11.8 Å². The van der Waals surface area contributed by atoms with E-state index in [1.54, 1.807) is 0 Å². The van der Waals surface area contributed by atoms with Crippen LogP contribution in [0.15, 0.2) is 5.16 Å². The fraction of sp³-hybridized carbons (Fsp3) is 0.950. The Labute approximate surface area is 142 Å². The minimum Gasteiger partial charge on any atom is -0.411 e. The van der Waals surface area contributed by atoms with Gasteiger partial charge in [-0.05, 0) is 44.4 Å². The first kappa shape index (κ1) is 17.3. The largest absolute Gasteiger partial charge is 0.411 e. The molecule has 3 saturated carbocycles. The summed E-state index contributed by atoms with van der Waals surface area (Å²) in [4.78, 5) is 0. The van der Waals surface area contributed by atoms with Crippen molar-refractivity contribution in [3.8, 4) is 0 Å². The van der Waals surface area contributed by atoms with Gasteiger partial charge in [0.25, 0.3) is 0 Å². The summed E-state index contributed by atoms with van der Waals surface area (Å²) >= 11 is 0. The summed E-state index contributed by atoms with van der Waals surface area (Å²) in [6.45, 7) is 0. The molecule has 0 aromatic heterocycles. The van der Waals surface area contributed by atoms with Crippen molar-refractivity contribution in [1.82, 2.24) is 5.32 Å². The maximum absolute atomic E-state index is 9.86. The van der Waals surface area contributed by atoms with Crippen molar-refractivity contribution >= 4 is 5.71 Å². The Kier molecular flexibility index (Phi) is 6.79. The van der Waals surface area contributed by atoms with Gasteiger partial charge in [0.1, 0.15) is 0 Å². The van der Waals surface area contributed by atoms with Crippen LogP contribution < -0.4 is 5.32 Å². The van der Waals surface area contributed by atoms with Crippen molar-refractivity contribution in [2.24, 2.45) is 17.0 Å². The summed E-state index contributed by atoms with van der Waals surface area (Å²) in [5, 5.41) is 17.7. The Morgan fingerprint density at radius 2 is 1.26 bits per heavy atom. The van der Waals surface area contributed by atoms with Gasteiger partial charge >= 0.3 is 0 Å². The summed E-state index contributed by atoms with van der Waals surface area (Å²) in [5.41, 5.74) is 1.11. The molecule has 0 saturated heterocycles. The minimum absolute atomic E-state index is 0.339. The van der Waals surface area contributed by atoms with E-state index in [9.17, 15) is 5.21 Å². The second kappa shape index (κ2) is 9.05. The first-order chi connectivity index (χ1) is 11.4. The molecule has 0 aromatic carbocycles.